The molecule has 0 fully saturated rings. The molecular formula is C10H16N4O2S. The van der Waals surface area contributed by atoms with Gasteiger partial charge in [-0.15, -0.1) is 0 Å². The monoisotopic (exact) mass is 256 g/mol. The van der Waals surface area contributed by atoms with E-state index in [9.17, 15) is 9.59 Å². The van der Waals surface area contributed by atoms with Crippen molar-refractivity contribution in [1.82, 2.24) is 4.90 Å². The van der Waals surface area contributed by atoms with E-state index >= 15 is 0 Å². The van der Waals surface area contributed by atoms with Gasteiger partial charge >= 0.3 is 0 Å². The molecule has 0 bridgehead atoms. The molecule has 1 heterocycles. The first-order chi connectivity index (χ1) is 8.04. The van der Waals surface area contributed by atoms with Crippen LogP contribution in [0.4, 0.5) is 0 Å². The van der Waals surface area contributed by atoms with Gasteiger partial charge in [0.2, 0.25) is 11.8 Å². The fraction of sp³-hybridized carbons (Fsp3) is 0.400. The van der Waals surface area contributed by atoms with Crippen molar-refractivity contribution in [3.05, 3.63) is 22.4 Å². The Kier molecular flexibility index (Phi) is 5.08. The summed E-state index contributed by atoms with van der Waals surface area (Å²) in [6.45, 7) is 0.207. The third kappa shape index (κ3) is 4.14. The standard InChI is InChI=1S/C10H16N4O2S/c11-3-8(7-1-2-17-6-7)14(4-9(12)15)5-10(13)16/h1-2,6,8H,3-5,11H2,(H2,12,15)(H2,13,16). The molecule has 7 heteroatoms. The molecule has 0 spiro atoms. The summed E-state index contributed by atoms with van der Waals surface area (Å²) in [5.41, 5.74) is 16.9. The molecule has 2 amide bonds. The van der Waals surface area contributed by atoms with E-state index in [4.69, 9.17) is 17.2 Å². The summed E-state index contributed by atoms with van der Waals surface area (Å²) < 4.78 is 0. The Bertz CT molecular complexity index is 364. The minimum atomic E-state index is -0.514. The van der Waals surface area contributed by atoms with Crippen molar-refractivity contribution < 1.29 is 9.59 Å². The fourth-order valence-electron chi connectivity index (χ4n) is 1.64. The van der Waals surface area contributed by atoms with Gasteiger partial charge in [0.05, 0.1) is 13.1 Å². The van der Waals surface area contributed by atoms with Crippen molar-refractivity contribution in [2.24, 2.45) is 17.2 Å². The fourth-order valence-corrected chi connectivity index (χ4v) is 2.34. The number of carbonyl (C=O) groups is 2. The van der Waals surface area contributed by atoms with Gasteiger partial charge in [0.15, 0.2) is 0 Å². The lowest BCUT2D eigenvalue weighted by molar-refractivity contribution is -0.122. The second kappa shape index (κ2) is 6.33. The van der Waals surface area contributed by atoms with Crippen LogP contribution in [-0.4, -0.2) is 36.3 Å². The van der Waals surface area contributed by atoms with E-state index < -0.39 is 11.8 Å². The summed E-state index contributed by atoms with van der Waals surface area (Å²) in [7, 11) is 0. The van der Waals surface area contributed by atoms with E-state index in [-0.39, 0.29) is 25.7 Å². The summed E-state index contributed by atoms with van der Waals surface area (Å²) in [5, 5.41) is 3.83. The Morgan fingerprint density at radius 1 is 1.29 bits per heavy atom. The Balaban J connectivity index is 2.85. The molecule has 0 radical (unpaired) electrons. The van der Waals surface area contributed by atoms with Gasteiger partial charge in [0.25, 0.3) is 0 Å². The molecular weight excluding hydrogens is 240 g/mol. The number of primary amides is 2. The molecule has 0 aliphatic heterocycles. The van der Waals surface area contributed by atoms with Crippen LogP contribution in [0.5, 0.6) is 0 Å². The third-order valence-electron chi connectivity index (χ3n) is 2.31. The minimum Gasteiger partial charge on any atom is -0.369 e. The van der Waals surface area contributed by atoms with Crippen LogP contribution >= 0.6 is 11.3 Å². The van der Waals surface area contributed by atoms with E-state index in [0.29, 0.717) is 0 Å². The summed E-state index contributed by atoms with van der Waals surface area (Å²) in [4.78, 5) is 23.5. The van der Waals surface area contributed by atoms with Crippen molar-refractivity contribution in [3.63, 3.8) is 0 Å². The molecule has 0 aromatic carbocycles. The molecule has 6 N–H and O–H groups in total. The summed E-state index contributed by atoms with van der Waals surface area (Å²) in [6, 6.07) is 1.68. The van der Waals surface area contributed by atoms with E-state index in [2.05, 4.69) is 0 Å². The van der Waals surface area contributed by atoms with Crippen molar-refractivity contribution in [3.8, 4) is 0 Å². The molecule has 0 saturated carbocycles. The predicted octanol–water partition coefficient (Wildman–Crippen LogP) is -0.979. The maximum Gasteiger partial charge on any atom is 0.231 e. The summed E-state index contributed by atoms with van der Waals surface area (Å²) in [6.07, 6.45) is 0. The highest BCUT2D eigenvalue weighted by molar-refractivity contribution is 7.07. The smallest absolute Gasteiger partial charge is 0.231 e. The van der Waals surface area contributed by atoms with Gasteiger partial charge in [0, 0.05) is 12.6 Å². The van der Waals surface area contributed by atoms with Crippen molar-refractivity contribution in [2.75, 3.05) is 19.6 Å². The highest BCUT2D eigenvalue weighted by Gasteiger charge is 2.22. The van der Waals surface area contributed by atoms with E-state index in [1.807, 2.05) is 16.8 Å². The zero-order chi connectivity index (χ0) is 12.8. The van der Waals surface area contributed by atoms with Crippen LogP contribution in [-0.2, 0) is 9.59 Å². The molecule has 0 saturated heterocycles. The Morgan fingerprint density at radius 3 is 2.24 bits per heavy atom. The molecule has 94 valence electrons. The molecule has 1 aromatic rings. The lowest BCUT2D eigenvalue weighted by Gasteiger charge is -2.28. The first-order valence-corrected chi connectivity index (χ1v) is 6.01. The number of carbonyl (C=O) groups excluding carboxylic acids is 2. The molecule has 6 nitrogen and oxygen atoms in total. The largest absolute Gasteiger partial charge is 0.369 e. The zero-order valence-electron chi connectivity index (χ0n) is 9.33. The van der Waals surface area contributed by atoms with Crippen LogP contribution in [0.1, 0.15) is 11.6 Å². The van der Waals surface area contributed by atoms with Crippen LogP contribution in [0, 0.1) is 0 Å². The van der Waals surface area contributed by atoms with Gasteiger partial charge < -0.3 is 17.2 Å². The highest BCUT2D eigenvalue weighted by Crippen LogP contribution is 2.21. The number of nitrogens with two attached hydrogens (primary N) is 3. The van der Waals surface area contributed by atoms with Crippen molar-refractivity contribution in [1.29, 1.82) is 0 Å². The maximum atomic E-state index is 11.0. The third-order valence-corrected chi connectivity index (χ3v) is 3.01. The first kappa shape index (κ1) is 13.6. The van der Waals surface area contributed by atoms with E-state index in [1.54, 1.807) is 4.90 Å². The SMILES string of the molecule is NCC(c1ccsc1)N(CC(N)=O)CC(N)=O. The predicted molar refractivity (Wildman–Crippen MR) is 66.1 cm³/mol. The first-order valence-electron chi connectivity index (χ1n) is 5.07. The lowest BCUT2D eigenvalue weighted by Crippen LogP contribution is -2.43. The Hall–Kier alpha value is -1.44. The average Bonchev–Trinajstić information content (AvgIpc) is 2.70. The Labute approximate surface area is 103 Å². The second-order valence-electron chi connectivity index (χ2n) is 3.65. The van der Waals surface area contributed by atoms with Gasteiger partial charge in [-0.3, -0.25) is 14.5 Å². The van der Waals surface area contributed by atoms with E-state index in [0.717, 1.165) is 5.56 Å². The van der Waals surface area contributed by atoms with E-state index in [1.165, 1.54) is 11.3 Å². The van der Waals surface area contributed by atoms with Crippen LogP contribution in [0.15, 0.2) is 16.8 Å². The summed E-state index contributed by atoms with van der Waals surface area (Å²) in [5.74, 6) is -1.03. The van der Waals surface area contributed by atoms with Gasteiger partial charge in [-0.05, 0) is 22.4 Å². The molecule has 17 heavy (non-hydrogen) atoms. The average molecular weight is 256 g/mol. The van der Waals surface area contributed by atoms with Crippen molar-refractivity contribution >= 4 is 23.2 Å². The van der Waals surface area contributed by atoms with Crippen LogP contribution in [0.25, 0.3) is 0 Å². The molecule has 1 unspecified atom stereocenters. The van der Waals surface area contributed by atoms with Crippen LogP contribution in [0.2, 0.25) is 0 Å². The molecule has 1 aromatic heterocycles. The number of thiophene rings is 1. The number of hydrogen-bond acceptors (Lipinski definition) is 5. The van der Waals surface area contributed by atoms with Crippen molar-refractivity contribution in [2.45, 2.75) is 6.04 Å². The molecule has 1 rings (SSSR count). The van der Waals surface area contributed by atoms with Gasteiger partial charge in [0.1, 0.15) is 0 Å². The number of amides is 2. The Morgan fingerprint density at radius 2 is 1.88 bits per heavy atom. The molecule has 0 aliphatic carbocycles. The lowest BCUT2D eigenvalue weighted by atomic mass is 10.1. The quantitative estimate of drug-likeness (QED) is 0.581. The van der Waals surface area contributed by atoms with Crippen LogP contribution in [0.3, 0.4) is 0 Å². The van der Waals surface area contributed by atoms with Gasteiger partial charge in [-0.1, -0.05) is 0 Å². The number of hydrogen-bond donors (Lipinski definition) is 3. The minimum absolute atomic E-state index is 0.0410. The van der Waals surface area contributed by atoms with Gasteiger partial charge in [-0.2, -0.15) is 11.3 Å². The summed E-state index contributed by atoms with van der Waals surface area (Å²) >= 11 is 1.52. The van der Waals surface area contributed by atoms with Crippen LogP contribution < -0.4 is 17.2 Å². The topological polar surface area (TPSA) is 115 Å². The second-order valence-corrected chi connectivity index (χ2v) is 4.43. The van der Waals surface area contributed by atoms with Gasteiger partial charge in [-0.25, -0.2) is 0 Å². The normalized spacial score (nSPS) is 12.6. The molecule has 1 atom stereocenters. The highest BCUT2D eigenvalue weighted by atomic mass is 32.1. The zero-order valence-corrected chi connectivity index (χ0v) is 10.2. The number of rotatable bonds is 7. The molecule has 0 aliphatic rings. The maximum absolute atomic E-state index is 11.0. The number of nitrogens with zero attached hydrogens (tertiary/aromatic N) is 1.